The zero-order valence-electron chi connectivity index (χ0n) is 12.2. The van der Waals surface area contributed by atoms with Gasteiger partial charge in [0.1, 0.15) is 0 Å². The third-order valence-electron chi connectivity index (χ3n) is 3.46. The molecular weight excluding hydrogens is 222 g/mol. The molecule has 1 aromatic heterocycles. The largest absolute Gasteiger partial charge is 0.249 e. The van der Waals surface area contributed by atoms with Crippen LogP contribution in [0.1, 0.15) is 77.3 Å². The smallest absolute Gasteiger partial charge is 0.0725 e. The Morgan fingerprint density at radius 1 is 0.889 bits per heavy atom. The van der Waals surface area contributed by atoms with Gasteiger partial charge in [0.25, 0.3) is 0 Å². The molecular formula is C15H29N3. The molecule has 0 spiro atoms. The normalized spacial score (nSPS) is 11.0. The Labute approximate surface area is 112 Å². The van der Waals surface area contributed by atoms with Crippen molar-refractivity contribution in [1.29, 1.82) is 0 Å². The summed E-state index contributed by atoms with van der Waals surface area (Å²) in [7, 11) is 0. The maximum atomic E-state index is 4.18. The molecule has 0 unspecified atom stereocenters. The predicted molar refractivity (Wildman–Crippen MR) is 76.6 cm³/mol. The molecule has 0 aliphatic carbocycles. The van der Waals surface area contributed by atoms with Gasteiger partial charge in [-0.1, -0.05) is 64.0 Å². The standard InChI is InChI=1S/C15H29N3/c1-3-5-7-8-9-10-11-13-18-15(12-6-4-2)14-16-17-18/h14H,3-13H2,1-2H3. The lowest BCUT2D eigenvalue weighted by Gasteiger charge is -2.05. The van der Waals surface area contributed by atoms with Crippen LogP contribution in [0.15, 0.2) is 6.20 Å². The number of aryl methyl sites for hydroxylation is 2. The molecule has 18 heavy (non-hydrogen) atoms. The van der Waals surface area contributed by atoms with Gasteiger partial charge >= 0.3 is 0 Å². The van der Waals surface area contributed by atoms with E-state index < -0.39 is 0 Å². The van der Waals surface area contributed by atoms with Gasteiger partial charge in [0, 0.05) is 6.54 Å². The molecule has 0 amide bonds. The van der Waals surface area contributed by atoms with Gasteiger partial charge in [0.05, 0.1) is 11.9 Å². The summed E-state index contributed by atoms with van der Waals surface area (Å²) in [5.41, 5.74) is 1.31. The Kier molecular flexibility index (Phi) is 8.53. The lowest BCUT2D eigenvalue weighted by molar-refractivity contribution is 0.498. The summed E-state index contributed by atoms with van der Waals surface area (Å²) < 4.78 is 2.10. The first-order valence-corrected chi connectivity index (χ1v) is 7.75. The van der Waals surface area contributed by atoms with Crippen LogP contribution in [-0.2, 0) is 13.0 Å². The molecule has 1 aromatic rings. The SMILES string of the molecule is CCCCCCCCCn1nncc1CCCC. The van der Waals surface area contributed by atoms with Gasteiger partial charge in [0.15, 0.2) is 0 Å². The lowest BCUT2D eigenvalue weighted by Crippen LogP contribution is -2.05. The highest BCUT2D eigenvalue weighted by Gasteiger charge is 2.02. The second-order valence-electron chi connectivity index (χ2n) is 5.17. The maximum Gasteiger partial charge on any atom is 0.0725 e. The number of nitrogens with zero attached hydrogens (tertiary/aromatic N) is 3. The third-order valence-corrected chi connectivity index (χ3v) is 3.46. The molecule has 0 radical (unpaired) electrons. The highest BCUT2D eigenvalue weighted by Crippen LogP contribution is 2.09. The van der Waals surface area contributed by atoms with Crippen molar-refractivity contribution in [2.24, 2.45) is 0 Å². The van der Waals surface area contributed by atoms with Crippen LogP contribution < -0.4 is 0 Å². The van der Waals surface area contributed by atoms with Gasteiger partial charge in [-0.05, 0) is 19.3 Å². The van der Waals surface area contributed by atoms with E-state index in [-0.39, 0.29) is 0 Å². The van der Waals surface area contributed by atoms with Crippen LogP contribution in [-0.4, -0.2) is 15.0 Å². The lowest BCUT2D eigenvalue weighted by atomic mass is 10.1. The molecule has 0 aliphatic rings. The van der Waals surface area contributed by atoms with Crippen LogP contribution in [0.5, 0.6) is 0 Å². The van der Waals surface area contributed by atoms with Crippen molar-refractivity contribution in [1.82, 2.24) is 15.0 Å². The Morgan fingerprint density at radius 3 is 2.28 bits per heavy atom. The fourth-order valence-corrected chi connectivity index (χ4v) is 2.24. The molecule has 0 saturated carbocycles. The van der Waals surface area contributed by atoms with Crippen molar-refractivity contribution in [2.45, 2.75) is 84.6 Å². The highest BCUT2D eigenvalue weighted by molar-refractivity contribution is 4.93. The van der Waals surface area contributed by atoms with Crippen LogP contribution in [0.25, 0.3) is 0 Å². The van der Waals surface area contributed by atoms with E-state index in [1.807, 2.05) is 6.20 Å². The Bertz CT molecular complexity index is 294. The molecule has 0 aliphatic heterocycles. The minimum Gasteiger partial charge on any atom is -0.249 e. The highest BCUT2D eigenvalue weighted by atomic mass is 15.4. The molecule has 3 nitrogen and oxygen atoms in total. The Balaban J connectivity index is 2.09. The fourth-order valence-electron chi connectivity index (χ4n) is 2.24. The van der Waals surface area contributed by atoms with Gasteiger partial charge in [-0.25, -0.2) is 4.68 Å². The predicted octanol–water partition coefficient (Wildman–Crippen LogP) is 4.37. The van der Waals surface area contributed by atoms with E-state index in [2.05, 4.69) is 28.8 Å². The Morgan fingerprint density at radius 2 is 1.56 bits per heavy atom. The minimum absolute atomic E-state index is 1.05. The summed E-state index contributed by atoms with van der Waals surface area (Å²) in [6.45, 7) is 5.54. The molecule has 3 heteroatoms. The number of hydrogen-bond acceptors (Lipinski definition) is 2. The number of rotatable bonds is 11. The molecule has 1 heterocycles. The zero-order chi connectivity index (χ0) is 13.1. The van der Waals surface area contributed by atoms with Crippen molar-refractivity contribution in [2.75, 3.05) is 0 Å². The van der Waals surface area contributed by atoms with Gasteiger partial charge in [-0.3, -0.25) is 0 Å². The first-order chi connectivity index (χ1) is 8.88. The summed E-state index contributed by atoms with van der Waals surface area (Å²) >= 11 is 0. The topological polar surface area (TPSA) is 30.7 Å². The molecule has 0 atom stereocenters. The van der Waals surface area contributed by atoms with Crippen molar-refractivity contribution < 1.29 is 0 Å². The summed E-state index contributed by atoms with van der Waals surface area (Å²) in [4.78, 5) is 0. The van der Waals surface area contributed by atoms with E-state index in [4.69, 9.17) is 0 Å². The molecule has 104 valence electrons. The first kappa shape index (κ1) is 15.2. The zero-order valence-corrected chi connectivity index (χ0v) is 12.2. The van der Waals surface area contributed by atoms with Gasteiger partial charge < -0.3 is 0 Å². The molecule has 0 saturated heterocycles. The van der Waals surface area contributed by atoms with Crippen molar-refractivity contribution in [3.63, 3.8) is 0 Å². The first-order valence-electron chi connectivity index (χ1n) is 7.75. The maximum absolute atomic E-state index is 4.18. The second kappa shape index (κ2) is 10.1. The van der Waals surface area contributed by atoms with Crippen molar-refractivity contribution in [3.8, 4) is 0 Å². The number of unbranched alkanes of at least 4 members (excludes halogenated alkanes) is 7. The number of aromatic nitrogens is 3. The van der Waals surface area contributed by atoms with Gasteiger partial charge in [0.2, 0.25) is 0 Å². The minimum atomic E-state index is 1.05. The van der Waals surface area contributed by atoms with Crippen LogP contribution in [0, 0.1) is 0 Å². The summed E-state index contributed by atoms with van der Waals surface area (Å²) in [5, 5.41) is 8.21. The van der Waals surface area contributed by atoms with E-state index in [9.17, 15) is 0 Å². The van der Waals surface area contributed by atoms with Crippen molar-refractivity contribution >= 4 is 0 Å². The summed E-state index contributed by atoms with van der Waals surface area (Å²) in [5.74, 6) is 0. The van der Waals surface area contributed by atoms with Gasteiger partial charge in [-0.15, -0.1) is 5.10 Å². The molecule has 0 aromatic carbocycles. The Hall–Kier alpha value is -0.860. The average molecular weight is 251 g/mol. The van der Waals surface area contributed by atoms with E-state index in [1.165, 1.54) is 63.5 Å². The van der Waals surface area contributed by atoms with Gasteiger partial charge in [-0.2, -0.15) is 0 Å². The average Bonchev–Trinajstić information content (AvgIpc) is 2.83. The van der Waals surface area contributed by atoms with E-state index in [0.717, 1.165) is 13.0 Å². The summed E-state index contributed by atoms with van der Waals surface area (Å²) in [6.07, 6.45) is 15.0. The summed E-state index contributed by atoms with van der Waals surface area (Å²) in [6, 6.07) is 0. The quantitative estimate of drug-likeness (QED) is 0.547. The van der Waals surface area contributed by atoms with E-state index in [1.54, 1.807) is 0 Å². The van der Waals surface area contributed by atoms with E-state index in [0.29, 0.717) is 0 Å². The third kappa shape index (κ3) is 6.18. The second-order valence-corrected chi connectivity index (χ2v) is 5.17. The van der Waals surface area contributed by atoms with Crippen LogP contribution in [0.4, 0.5) is 0 Å². The fraction of sp³-hybridized carbons (Fsp3) is 0.867. The van der Waals surface area contributed by atoms with Crippen LogP contribution in [0.3, 0.4) is 0 Å². The molecule has 0 bridgehead atoms. The van der Waals surface area contributed by atoms with E-state index >= 15 is 0 Å². The van der Waals surface area contributed by atoms with Crippen LogP contribution in [0.2, 0.25) is 0 Å². The van der Waals surface area contributed by atoms with Crippen LogP contribution >= 0.6 is 0 Å². The molecule has 0 N–H and O–H groups in total. The molecule has 0 fully saturated rings. The van der Waals surface area contributed by atoms with Crippen molar-refractivity contribution in [3.05, 3.63) is 11.9 Å². The number of hydrogen-bond donors (Lipinski definition) is 0. The monoisotopic (exact) mass is 251 g/mol. The molecule has 1 rings (SSSR count).